The van der Waals surface area contributed by atoms with E-state index in [9.17, 15) is 4.79 Å². The Morgan fingerprint density at radius 2 is 2.00 bits per heavy atom. The lowest BCUT2D eigenvalue weighted by Crippen LogP contribution is -2.31. The summed E-state index contributed by atoms with van der Waals surface area (Å²) in [6.45, 7) is 4.15. The van der Waals surface area contributed by atoms with Crippen LogP contribution in [0.1, 0.15) is 29.9 Å². The number of aromatic nitrogens is 4. The number of rotatable bonds is 6. The molecule has 0 radical (unpaired) electrons. The van der Waals surface area contributed by atoms with Gasteiger partial charge >= 0.3 is 6.03 Å². The highest BCUT2D eigenvalue weighted by Crippen LogP contribution is 2.25. The van der Waals surface area contributed by atoms with Crippen molar-refractivity contribution in [2.75, 3.05) is 12.4 Å². The summed E-state index contributed by atoms with van der Waals surface area (Å²) in [5, 5.41) is 11.1. The second-order valence-corrected chi connectivity index (χ2v) is 7.27. The Morgan fingerprint density at radius 1 is 1.19 bits per heavy atom. The van der Waals surface area contributed by atoms with Gasteiger partial charge in [-0.1, -0.05) is 30.3 Å². The zero-order valence-corrected chi connectivity index (χ0v) is 17.7. The normalized spacial score (nSPS) is 12.0. The average Bonchev–Trinajstić information content (AvgIpc) is 3.19. The van der Waals surface area contributed by atoms with Gasteiger partial charge in [-0.25, -0.2) is 14.5 Å². The minimum Gasteiger partial charge on any atom is -0.378 e. The number of urea groups is 1. The van der Waals surface area contributed by atoms with E-state index < -0.39 is 0 Å². The van der Waals surface area contributed by atoms with Crippen LogP contribution in [-0.4, -0.2) is 32.9 Å². The van der Waals surface area contributed by atoms with Gasteiger partial charge in [0, 0.05) is 24.4 Å². The highest BCUT2D eigenvalue weighted by atomic mass is 16.5. The Hall–Kier alpha value is -3.78. The third-order valence-corrected chi connectivity index (χ3v) is 4.91. The molecule has 2 N–H and O–H groups in total. The van der Waals surface area contributed by atoms with Gasteiger partial charge in [-0.3, -0.25) is 10.3 Å². The summed E-state index contributed by atoms with van der Waals surface area (Å²) in [6, 6.07) is 15.0. The number of anilines is 1. The quantitative estimate of drug-likeness (QED) is 0.492. The first kappa shape index (κ1) is 20.5. The largest absolute Gasteiger partial charge is 0.378 e. The fourth-order valence-electron chi connectivity index (χ4n) is 3.47. The Morgan fingerprint density at radius 3 is 2.74 bits per heavy atom. The summed E-state index contributed by atoms with van der Waals surface area (Å²) in [5.41, 5.74) is 4.31. The Kier molecular flexibility index (Phi) is 5.90. The zero-order valence-electron chi connectivity index (χ0n) is 17.7. The molecule has 3 aromatic heterocycles. The third kappa shape index (κ3) is 4.54. The number of carbonyl (C=O) groups is 1. The Labute approximate surface area is 180 Å². The first-order chi connectivity index (χ1) is 15.0. The molecule has 0 saturated carbocycles. The van der Waals surface area contributed by atoms with E-state index in [1.807, 2.05) is 61.0 Å². The van der Waals surface area contributed by atoms with Crippen molar-refractivity contribution in [1.82, 2.24) is 25.1 Å². The minimum absolute atomic E-state index is 0.138. The number of nitrogens with one attached hydrogen (secondary N) is 2. The van der Waals surface area contributed by atoms with Crippen molar-refractivity contribution in [3.05, 3.63) is 77.9 Å². The standard InChI is InChI=1S/C23H24N6O2/c1-15-11-19(9-10-24-15)29-22-18(13-25-29)12-21(27-20(22)14-31-3)28-23(30)26-16(2)17-7-5-4-6-8-17/h4-13,16H,14H2,1-3H3,(H2,26,27,28,30). The Bertz CT molecular complexity index is 1210. The topological polar surface area (TPSA) is 94.0 Å². The third-order valence-electron chi connectivity index (χ3n) is 4.91. The van der Waals surface area contributed by atoms with E-state index in [4.69, 9.17) is 4.74 Å². The fourth-order valence-corrected chi connectivity index (χ4v) is 3.47. The van der Waals surface area contributed by atoms with Gasteiger partial charge in [-0.2, -0.15) is 5.10 Å². The molecule has 0 fully saturated rings. The van der Waals surface area contributed by atoms with Crippen LogP contribution in [-0.2, 0) is 11.3 Å². The number of ether oxygens (including phenoxy) is 1. The first-order valence-electron chi connectivity index (χ1n) is 9.97. The van der Waals surface area contributed by atoms with E-state index in [1.165, 1.54) is 0 Å². The molecule has 8 heteroatoms. The van der Waals surface area contributed by atoms with Crippen molar-refractivity contribution in [3.63, 3.8) is 0 Å². The van der Waals surface area contributed by atoms with Crippen LogP contribution >= 0.6 is 0 Å². The second kappa shape index (κ2) is 8.93. The lowest BCUT2D eigenvalue weighted by Gasteiger charge is -2.15. The average molecular weight is 416 g/mol. The number of carbonyl (C=O) groups excluding carboxylic acids is 1. The van der Waals surface area contributed by atoms with E-state index in [1.54, 1.807) is 25.6 Å². The monoisotopic (exact) mass is 416 g/mol. The van der Waals surface area contributed by atoms with Crippen LogP contribution in [0.15, 0.2) is 60.9 Å². The van der Waals surface area contributed by atoms with E-state index in [-0.39, 0.29) is 18.7 Å². The van der Waals surface area contributed by atoms with Crippen molar-refractivity contribution in [3.8, 4) is 5.69 Å². The van der Waals surface area contributed by atoms with Gasteiger partial charge < -0.3 is 10.1 Å². The number of fused-ring (bicyclic) bond motifs is 1. The van der Waals surface area contributed by atoms with Gasteiger partial charge in [-0.15, -0.1) is 0 Å². The summed E-state index contributed by atoms with van der Waals surface area (Å²) in [7, 11) is 1.61. The summed E-state index contributed by atoms with van der Waals surface area (Å²) in [5.74, 6) is 0.433. The maximum Gasteiger partial charge on any atom is 0.320 e. The van der Waals surface area contributed by atoms with Crippen LogP contribution < -0.4 is 10.6 Å². The summed E-state index contributed by atoms with van der Waals surface area (Å²) >= 11 is 0. The SMILES string of the molecule is COCc1nc(NC(=O)NC(C)c2ccccc2)cc2cnn(-c3ccnc(C)c3)c12. The number of nitrogens with zero attached hydrogens (tertiary/aromatic N) is 4. The number of aryl methyl sites for hydroxylation is 1. The predicted molar refractivity (Wildman–Crippen MR) is 119 cm³/mol. The summed E-state index contributed by atoms with van der Waals surface area (Å²) in [6.07, 6.45) is 3.50. The van der Waals surface area contributed by atoms with Crippen LogP contribution in [0.25, 0.3) is 16.6 Å². The molecule has 8 nitrogen and oxygen atoms in total. The van der Waals surface area contributed by atoms with E-state index in [2.05, 4.69) is 25.7 Å². The molecule has 3 heterocycles. The molecule has 4 rings (SSSR count). The smallest absolute Gasteiger partial charge is 0.320 e. The Balaban J connectivity index is 1.61. The molecule has 4 aromatic rings. The minimum atomic E-state index is -0.330. The molecular weight excluding hydrogens is 392 g/mol. The number of hydrogen-bond acceptors (Lipinski definition) is 5. The van der Waals surface area contributed by atoms with Gasteiger partial charge in [0.1, 0.15) is 5.82 Å². The van der Waals surface area contributed by atoms with Crippen molar-refractivity contribution < 1.29 is 9.53 Å². The molecule has 0 spiro atoms. The maximum absolute atomic E-state index is 12.5. The number of methoxy groups -OCH3 is 1. The van der Waals surface area contributed by atoms with Crippen molar-refractivity contribution >= 4 is 22.8 Å². The van der Waals surface area contributed by atoms with Gasteiger partial charge in [0.05, 0.1) is 35.7 Å². The molecule has 1 atom stereocenters. The molecule has 0 aliphatic rings. The number of pyridine rings is 2. The zero-order chi connectivity index (χ0) is 21.8. The van der Waals surface area contributed by atoms with E-state index in [0.29, 0.717) is 11.5 Å². The number of hydrogen-bond donors (Lipinski definition) is 2. The van der Waals surface area contributed by atoms with E-state index >= 15 is 0 Å². The van der Waals surface area contributed by atoms with Gasteiger partial charge in [0.15, 0.2) is 0 Å². The van der Waals surface area contributed by atoms with Crippen molar-refractivity contribution in [2.45, 2.75) is 26.5 Å². The molecule has 0 saturated heterocycles. The first-order valence-corrected chi connectivity index (χ1v) is 9.97. The van der Waals surface area contributed by atoms with Crippen LogP contribution in [0.3, 0.4) is 0 Å². The highest BCUT2D eigenvalue weighted by molar-refractivity contribution is 5.92. The molecule has 1 aromatic carbocycles. The molecule has 0 aliphatic carbocycles. The van der Waals surface area contributed by atoms with Gasteiger partial charge in [0.2, 0.25) is 0 Å². The highest BCUT2D eigenvalue weighted by Gasteiger charge is 2.16. The van der Waals surface area contributed by atoms with Crippen LogP contribution in [0.5, 0.6) is 0 Å². The number of amides is 2. The molecule has 1 unspecified atom stereocenters. The fraction of sp³-hybridized carbons (Fsp3) is 0.217. The van der Waals surface area contributed by atoms with Gasteiger partial charge in [-0.05, 0) is 37.6 Å². The number of benzene rings is 1. The second-order valence-electron chi connectivity index (χ2n) is 7.27. The van der Waals surface area contributed by atoms with Gasteiger partial charge in [0.25, 0.3) is 0 Å². The van der Waals surface area contributed by atoms with Crippen LogP contribution in [0, 0.1) is 6.92 Å². The summed E-state index contributed by atoms with van der Waals surface area (Å²) in [4.78, 5) is 21.4. The van der Waals surface area contributed by atoms with Crippen molar-refractivity contribution in [2.24, 2.45) is 0 Å². The molecule has 31 heavy (non-hydrogen) atoms. The van der Waals surface area contributed by atoms with Crippen molar-refractivity contribution in [1.29, 1.82) is 0 Å². The summed E-state index contributed by atoms with van der Waals surface area (Å²) < 4.78 is 7.17. The van der Waals surface area contributed by atoms with Crippen LogP contribution in [0.4, 0.5) is 10.6 Å². The lowest BCUT2D eigenvalue weighted by atomic mass is 10.1. The molecule has 0 aliphatic heterocycles. The van der Waals surface area contributed by atoms with E-state index in [0.717, 1.165) is 27.8 Å². The predicted octanol–water partition coefficient (Wildman–Crippen LogP) is 4.15. The lowest BCUT2D eigenvalue weighted by molar-refractivity contribution is 0.182. The molecular formula is C23H24N6O2. The maximum atomic E-state index is 12.5. The molecule has 158 valence electrons. The molecule has 0 bridgehead atoms. The van der Waals surface area contributed by atoms with Crippen LogP contribution in [0.2, 0.25) is 0 Å². The molecule has 2 amide bonds.